The van der Waals surface area contributed by atoms with Gasteiger partial charge in [-0.1, -0.05) is 20.8 Å². The monoisotopic (exact) mass is 379 g/mol. The van der Waals surface area contributed by atoms with Crippen LogP contribution >= 0.6 is 0 Å². The third kappa shape index (κ3) is 2.81. The Hall–Kier alpha value is -1.18. The van der Waals surface area contributed by atoms with Crippen LogP contribution in [0.4, 0.5) is 4.79 Å². The van der Waals surface area contributed by atoms with Crippen LogP contribution in [0.25, 0.3) is 0 Å². The SMILES string of the molecule is CCC1(C)CC2(NC(=O)N(CC3CO3)C2=O)C(C)C(C)(CC)N1CC1CO1. The minimum Gasteiger partial charge on any atom is -0.372 e. The number of piperidine rings is 1. The Labute approximate surface area is 161 Å². The first-order chi connectivity index (χ1) is 12.7. The van der Waals surface area contributed by atoms with Gasteiger partial charge in [-0.2, -0.15) is 0 Å². The lowest BCUT2D eigenvalue weighted by Gasteiger charge is -2.63. The Morgan fingerprint density at radius 2 is 1.67 bits per heavy atom. The van der Waals surface area contributed by atoms with E-state index in [1.165, 1.54) is 4.90 Å². The minimum absolute atomic E-state index is 0.00468. The molecular weight excluding hydrogens is 346 g/mol. The van der Waals surface area contributed by atoms with Gasteiger partial charge >= 0.3 is 6.03 Å². The van der Waals surface area contributed by atoms with Crippen LogP contribution in [0.3, 0.4) is 0 Å². The lowest BCUT2D eigenvalue weighted by atomic mass is 9.60. The highest BCUT2D eigenvalue weighted by molar-refractivity contribution is 6.07. The Morgan fingerprint density at radius 3 is 2.19 bits per heavy atom. The number of amides is 3. The fraction of sp³-hybridized carbons (Fsp3) is 0.900. The van der Waals surface area contributed by atoms with Crippen molar-refractivity contribution in [1.29, 1.82) is 0 Å². The van der Waals surface area contributed by atoms with E-state index in [0.29, 0.717) is 25.7 Å². The summed E-state index contributed by atoms with van der Waals surface area (Å²) in [6.07, 6.45) is 2.76. The standard InChI is InChI=1S/C20H33N3O4/c1-6-18(4)12-20(16(24)22(17(25)21-20)8-14-10-26-14)13(3)19(5,7-2)23(18)9-15-11-27-15/h13-15H,6-12H2,1-5H3,(H,21,25). The number of nitrogens with one attached hydrogen (secondary N) is 1. The van der Waals surface area contributed by atoms with Gasteiger partial charge in [-0.25, -0.2) is 4.79 Å². The fourth-order valence-electron chi connectivity index (χ4n) is 5.45. The molecule has 0 aromatic rings. The second-order valence-corrected chi connectivity index (χ2v) is 9.30. The molecular formula is C20H33N3O4. The molecule has 1 spiro atoms. The van der Waals surface area contributed by atoms with Gasteiger partial charge in [0.2, 0.25) is 0 Å². The molecule has 4 aliphatic heterocycles. The second-order valence-electron chi connectivity index (χ2n) is 9.30. The van der Waals surface area contributed by atoms with Gasteiger partial charge < -0.3 is 14.8 Å². The maximum atomic E-state index is 13.6. The first kappa shape index (κ1) is 19.2. The molecule has 6 atom stereocenters. The first-order valence-corrected chi connectivity index (χ1v) is 10.4. The Kier molecular flexibility index (Phi) is 4.37. The highest BCUT2D eigenvalue weighted by Gasteiger charge is 2.67. The molecule has 4 saturated heterocycles. The average Bonchev–Trinajstić information content (AvgIpc) is 3.55. The number of carbonyl (C=O) groups is 2. The van der Waals surface area contributed by atoms with Gasteiger partial charge in [-0.05, 0) is 33.1 Å². The molecule has 0 aliphatic carbocycles. The van der Waals surface area contributed by atoms with E-state index in [0.717, 1.165) is 26.0 Å². The highest BCUT2D eigenvalue weighted by Crippen LogP contribution is 2.52. The van der Waals surface area contributed by atoms with E-state index in [2.05, 4.69) is 44.8 Å². The first-order valence-electron chi connectivity index (χ1n) is 10.4. The summed E-state index contributed by atoms with van der Waals surface area (Å²) in [5, 5.41) is 3.14. The third-order valence-electron chi connectivity index (χ3n) is 7.86. The summed E-state index contributed by atoms with van der Waals surface area (Å²) in [6.45, 7) is 13.7. The van der Waals surface area contributed by atoms with Gasteiger partial charge in [0.1, 0.15) is 5.54 Å². The maximum absolute atomic E-state index is 13.6. The van der Waals surface area contributed by atoms with Gasteiger partial charge in [0.15, 0.2) is 0 Å². The number of carbonyl (C=O) groups excluding carboxylic acids is 2. The zero-order valence-electron chi connectivity index (χ0n) is 17.2. The number of urea groups is 1. The predicted octanol–water partition coefficient (Wildman–Crippen LogP) is 1.75. The normalized spacial score (nSPS) is 46.9. The molecule has 0 saturated carbocycles. The molecule has 0 bridgehead atoms. The van der Waals surface area contributed by atoms with Crippen molar-refractivity contribution in [2.75, 3.05) is 26.3 Å². The zero-order chi connectivity index (χ0) is 19.6. The summed E-state index contributed by atoms with van der Waals surface area (Å²) in [7, 11) is 0. The van der Waals surface area contributed by atoms with Crippen molar-refractivity contribution in [3.8, 4) is 0 Å². The van der Waals surface area contributed by atoms with Crippen molar-refractivity contribution in [2.24, 2.45) is 5.92 Å². The van der Waals surface area contributed by atoms with Crippen molar-refractivity contribution in [3.63, 3.8) is 0 Å². The summed E-state index contributed by atoms with van der Waals surface area (Å²) in [5.74, 6) is -0.0767. The molecule has 7 heteroatoms. The van der Waals surface area contributed by atoms with Crippen LogP contribution in [0, 0.1) is 5.92 Å². The number of nitrogens with zero attached hydrogens (tertiary/aromatic N) is 2. The number of hydrogen-bond donors (Lipinski definition) is 1. The van der Waals surface area contributed by atoms with Crippen LogP contribution in [-0.4, -0.2) is 76.9 Å². The average molecular weight is 380 g/mol. The van der Waals surface area contributed by atoms with E-state index >= 15 is 0 Å². The summed E-state index contributed by atoms with van der Waals surface area (Å²) in [5.41, 5.74) is -1.23. The fourth-order valence-corrected chi connectivity index (χ4v) is 5.45. The molecule has 152 valence electrons. The number of epoxide rings is 2. The molecule has 4 fully saturated rings. The van der Waals surface area contributed by atoms with E-state index in [9.17, 15) is 9.59 Å². The number of ether oxygens (including phenoxy) is 2. The maximum Gasteiger partial charge on any atom is 0.325 e. The van der Waals surface area contributed by atoms with Crippen molar-refractivity contribution in [2.45, 2.75) is 82.7 Å². The number of hydrogen-bond acceptors (Lipinski definition) is 5. The van der Waals surface area contributed by atoms with Crippen molar-refractivity contribution in [1.82, 2.24) is 15.1 Å². The smallest absolute Gasteiger partial charge is 0.325 e. The molecule has 4 aliphatic rings. The minimum atomic E-state index is -0.845. The summed E-state index contributed by atoms with van der Waals surface area (Å²) >= 11 is 0. The summed E-state index contributed by atoms with van der Waals surface area (Å²) < 4.78 is 10.8. The predicted molar refractivity (Wildman–Crippen MR) is 100 cm³/mol. The largest absolute Gasteiger partial charge is 0.372 e. The topological polar surface area (TPSA) is 77.7 Å². The van der Waals surface area contributed by atoms with Crippen molar-refractivity contribution in [3.05, 3.63) is 0 Å². The molecule has 6 unspecified atom stereocenters. The number of imide groups is 1. The molecule has 0 aromatic heterocycles. The lowest BCUT2D eigenvalue weighted by Crippen LogP contribution is -2.76. The van der Waals surface area contributed by atoms with Crippen molar-refractivity contribution >= 4 is 11.9 Å². The van der Waals surface area contributed by atoms with Gasteiger partial charge in [0, 0.05) is 23.5 Å². The molecule has 1 N–H and O–H groups in total. The lowest BCUT2D eigenvalue weighted by molar-refractivity contribution is -0.155. The molecule has 27 heavy (non-hydrogen) atoms. The molecule has 7 nitrogen and oxygen atoms in total. The molecule has 4 rings (SSSR count). The van der Waals surface area contributed by atoms with E-state index in [-0.39, 0.29) is 35.0 Å². The Bertz CT molecular complexity index is 649. The third-order valence-corrected chi connectivity index (χ3v) is 7.86. The quantitative estimate of drug-likeness (QED) is 0.562. The zero-order valence-corrected chi connectivity index (χ0v) is 17.2. The van der Waals surface area contributed by atoms with Crippen LogP contribution < -0.4 is 5.32 Å². The van der Waals surface area contributed by atoms with Crippen LogP contribution in [0.2, 0.25) is 0 Å². The van der Waals surface area contributed by atoms with Crippen LogP contribution in [0.15, 0.2) is 0 Å². The van der Waals surface area contributed by atoms with Gasteiger partial charge in [0.25, 0.3) is 5.91 Å². The Balaban J connectivity index is 1.71. The van der Waals surface area contributed by atoms with Gasteiger partial charge in [0.05, 0.1) is 32.0 Å². The van der Waals surface area contributed by atoms with E-state index in [1.807, 2.05) is 0 Å². The van der Waals surface area contributed by atoms with Crippen LogP contribution in [-0.2, 0) is 14.3 Å². The second kappa shape index (κ2) is 6.16. The summed E-state index contributed by atoms with van der Waals surface area (Å²) in [4.78, 5) is 30.3. The number of rotatable bonds is 6. The molecule has 0 aromatic carbocycles. The summed E-state index contributed by atoms with van der Waals surface area (Å²) in [6, 6.07) is -0.266. The highest BCUT2D eigenvalue weighted by atomic mass is 16.6. The van der Waals surface area contributed by atoms with Crippen LogP contribution in [0.1, 0.15) is 53.9 Å². The van der Waals surface area contributed by atoms with E-state index in [1.54, 1.807) is 0 Å². The van der Waals surface area contributed by atoms with E-state index in [4.69, 9.17) is 9.47 Å². The number of likely N-dealkylation sites (tertiary alicyclic amines) is 1. The molecule has 3 amide bonds. The molecule has 0 radical (unpaired) electrons. The van der Waals surface area contributed by atoms with Gasteiger partial charge in [-0.15, -0.1) is 0 Å². The van der Waals surface area contributed by atoms with Crippen molar-refractivity contribution < 1.29 is 19.1 Å². The van der Waals surface area contributed by atoms with E-state index < -0.39 is 5.54 Å². The Morgan fingerprint density at radius 1 is 1.07 bits per heavy atom. The molecule has 4 heterocycles. The van der Waals surface area contributed by atoms with Crippen LogP contribution in [0.5, 0.6) is 0 Å². The van der Waals surface area contributed by atoms with Gasteiger partial charge in [-0.3, -0.25) is 14.6 Å².